The van der Waals surface area contributed by atoms with Gasteiger partial charge in [0, 0.05) is 31.0 Å². The molecule has 0 aromatic carbocycles. The molecule has 170 valence electrons. The lowest BCUT2D eigenvalue weighted by Crippen LogP contribution is -2.36. The third-order valence-electron chi connectivity index (χ3n) is 5.70. The summed E-state index contributed by atoms with van der Waals surface area (Å²) in [6.07, 6.45) is 7.64. The summed E-state index contributed by atoms with van der Waals surface area (Å²) in [7, 11) is 1.60. The van der Waals surface area contributed by atoms with Gasteiger partial charge in [-0.3, -0.25) is 4.98 Å². The molecule has 0 amide bonds. The van der Waals surface area contributed by atoms with Gasteiger partial charge in [-0.25, -0.2) is 19.9 Å². The van der Waals surface area contributed by atoms with Gasteiger partial charge in [0.05, 0.1) is 48.1 Å². The van der Waals surface area contributed by atoms with E-state index in [0.29, 0.717) is 60.2 Å². The van der Waals surface area contributed by atoms with Crippen LogP contribution in [0.1, 0.15) is 18.4 Å². The number of aliphatic hydroxyl groups is 1. The van der Waals surface area contributed by atoms with Crippen LogP contribution in [0.5, 0.6) is 5.75 Å². The van der Waals surface area contributed by atoms with E-state index in [1.807, 2.05) is 12.1 Å². The summed E-state index contributed by atoms with van der Waals surface area (Å²) in [4.78, 5) is 24.7. The summed E-state index contributed by atoms with van der Waals surface area (Å²) in [5.41, 5.74) is 1.93. The Morgan fingerprint density at radius 1 is 1.09 bits per heavy atom. The molecule has 1 aliphatic heterocycles. The number of piperidine rings is 1. The minimum Gasteiger partial charge on any atom is -0.494 e. The normalized spacial score (nSPS) is 14.1. The number of nitriles is 1. The monoisotopic (exact) mass is 454 g/mol. The zero-order valence-electron chi connectivity index (χ0n) is 18.5. The second kappa shape index (κ2) is 9.25. The third kappa shape index (κ3) is 4.29. The number of methoxy groups -OCH3 is 1. The molecule has 5 rings (SSSR count). The Hall–Kier alpha value is -4.36. The molecule has 1 fully saturated rings. The van der Waals surface area contributed by atoms with Gasteiger partial charge in [-0.15, -0.1) is 0 Å². The first-order chi connectivity index (χ1) is 16.6. The molecule has 1 saturated heterocycles. The maximum absolute atomic E-state index is 9.97. The molecule has 10 nitrogen and oxygen atoms in total. The van der Waals surface area contributed by atoms with Gasteiger partial charge in [-0.2, -0.15) is 5.26 Å². The first-order valence-corrected chi connectivity index (χ1v) is 10.9. The first kappa shape index (κ1) is 21.5. The van der Waals surface area contributed by atoms with Crippen LogP contribution in [0, 0.1) is 11.3 Å². The van der Waals surface area contributed by atoms with Crippen molar-refractivity contribution in [3.8, 4) is 23.2 Å². The molecule has 0 aliphatic carbocycles. The van der Waals surface area contributed by atoms with Gasteiger partial charge in [0.1, 0.15) is 23.2 Å². The molecule has 2 N–H and O–H groups in total. The van der Waals surface area contributed by atoms with E-state index in [1.54, 1.807) is 44.0 Å². The maximum atomic E-state index is 9.97. The molecule has 0 atom stereocenters. The van der Waals surface area contributed by atoms with Crippen LogP contribution in [0.25, 0.3) is 22.3 Å². The molecular weight excluding hydrogens is 432 g/mol. The van der Waals surface area contributed by atoms with Crippen molar-refractivity contribution in [2.75, 3.05) is 30.4 Å². The second-order valence-electron chi connectivity index (χ2n) is 7.92. The predicted octanol–water partition coefficient (Wildman–Crippen LogP) is 3.07. The van der Waals surface area contributed by atoms with Crippen LogP contribution in [0.3, 0.4) is 0 Å². The number of aromatic nitrogens is 5. The van der Waals surface area contributed by atoms with E-state index in [1.165, 1.54) is 0 Å². The van der Waals surface area contributed by atoms with Gasteiger partial charge in [0.2, 0.25) is 0 Å². The van der Waals surface area contributed by atoms with Crippen molar-refractivity contribution in [2.45, 2.75) is 18.9 Å². The number of rotatable bonds is 5. The minimum absolute atomic E-state index is 0.297. The standard InChI is InChI=1S/C24H22N8O2/c1-34-19-14-26-13-18-22(19)24(32-8-4-17(33)5-9-32)31-23(29-18)16-3-7-28-21(11-16)30-20-10-15(12-25)2-6-27-20/h2-3,6-7,10-11,13-14,17,33H,4-5,8-9H2,1H3,(H,27,28,30). The van der Waals surface area contributed by atoms with Crippen LogP contribution in [0.15, 0.2) is 49.1 Å². The van der Waals surface area contributed by atoms with Crippen LogP contribution < -0.4 is 15.0 Å². The molecule has 0 bridgehead atoms. The molecule has 1 aliphatic rings. The van der Waals surface area contributed by atoms with E-state index >= 15 is 0 Å². The lowest BCUT2D eigenvalue weighted by molar-refractivity contribution is 0.145. The van der Waals surface area contributed by atoms with E-state index in [2.05, 4.69) is 31.2 Å². The quantitative estimate of drug-likeness (QED) is 0.463. The Morgan fingerprint density at radius 3 is 2.62 bits per heavy atom. The van der Waals surface area contributed by atoms with Crippen LogP contribution in [0.2, 0.25) is 0 Å². The van der Waals surface area contributed by atoms with Crippen molar-refractivity contribution in [3.05, 3.63) is 54.6 Å². The Morgan fingerprint density at radius 2 is 1.85 bits per heavy atom. The number of hydrogen-bond acceptors (Lipinski definition) is 10. The number of ether oxygens (including phenoxy) is 1. The smallest absolute Gasteiger partial charge is 0.162 e. The van der Waals surface area contributed by atoms with Gasteiger partial charge in [-0.1, -0.05) is 0 Å². The summed E-state index contributed by atoms with van der Waals surface area (Å²) in [5, 5.41) is 23.0. The average Bonchev–Trinajstić information content (AvgIpc) is 2.88. The van der Waals surface area contributed by atoms with Crippen LogP contribution in [0.4, 0.5) is 17.5 Å². The SMILES string of the molecule is COc1cncc2nc(-c3ccnc(Nc4cc(C#N)ccn4)c3)nc(N3CCC(O)CC3)c12. The Kier molecular flexibility index (Phi) is 5.84. The Labute approximate surface area is 195 Å². The highest BCUT2D eigenvalue weighted by Crippen LogP contribution is 2.35. The molecule has 0 spiro atoms. The predicted molar refractivity (Wildman–Crippen MR) is 127 cm³/mol. The lowest BCUT2D eigenvalue weighted by Gasteiger charge is -2.31. The van der Waals surface area contributed by atoms with Gasteiger partial charge < -0.3 is 20.1 Å². The molecule has 5 heterocycles. The molecule has 4 aromatic rings. The molecular formula is C24H22N8O2. The fourth-order valence-corrected chi connectivity index (χ4v) is 3.96. The van der Waals surface area contributed by atoms with E-state index in [9.17, 15) is 5.11 Å². The summed E-state index contributed by atoms with van der Waals surface area (Å²) >= 11 is 0. The highest BCUT2D eigenvalue weighted by Gasteiger charge is 2.23. The highest BCUT2D eigenvalue weighted by molar-refractivity contribution is 5.95. The lowest BCUT2D eigenvalue weighted by atomic mass is 10.1. The number of nitrogens with zero attached hydrogens (tertiary/aromatic N) is 7. The van der Waals surface area contributed by atoms with Gasteiger partial charge in [0.15, 0.2) is 5.82 Å². The second-order valence-corrected chi connectivity index (χ2v) is 7.92. The Balaban J connectivity index is 1.56. The zero-order valence-corrected chi connectivity index (χ0v) is 18.5. The highest BCUT2D eigenvalue weighted by atomic mass is 16.5. The molecule has 0 unspecified atom stereocenters. The van der Waals surface area contributed by atoms with Crippen molar-refractivity contribution in [1.29, 1.82) is 5.26 Å². The van der Waals surface area contributed by atoms with Crippen molar-refractivity contribution < 1.29 is 9.84 Å². The van der Waals surface area contributed by atoms with Crippen molar-refractivity contribution in [2.24, 2.45) is 0 Å². The summed E-state index contributed by atoms with van der Waals surface area (Å²) in [6.45, 7) is 1.37. The number of fused-ring (bicyclic) bond motifs is 1. The minimum atomic E-state index is -0.297. The summed E-state index contributed by atoms with van der Waals surface area (Å²) in [5.74, 6) is 2.94. The van der Waals surface area contributed by atoms with E-state index in [-0.39, 0.29) is 6.10 Å². The van der Waals surface area contributed by atoms with Gasteiger partial charge in [-0.05, 0) is 37.1 Å². The fraction of sp³-hybridized carbons (Fsp3) is 0.250. The Bertz CT molecular complexity index is 1380. The molecule has 10 heteroatoms. The van der Waals surface area contributed by atoms with E-state index < -0.39 is 0 Å². The zero-order chi connectivity index (χ0) is 23.5. The number of anilines is 3. The number of aliphatic hydroxyl groups excluding tert-OH is 1. The molecule has 0 radical (unpaired) electrons. The molecule has 4 aromatic heterocycles. The van der Waals surface area contributed by atoms with Crippen LogP contribution in [-0.4, -0.2) is 56.3 Å². The van der Waals surface area contributed by atoms with E-state index in [0.717, 1.165) is 16.8 Å². The first-order valence-electron chi connectivity index (χ1n) is 10.9. The van der Waals surface area contributed by atoms with Gasteiger partial charge >= 0.3 is 0 Å². The summed E-state index contributed by atoms with van der Waals surface area (Å²) < 4.78 is 5.56. The maximum Gasteiger partial charge on any atom is 0.162 e. The van der Waals surface area contributed by atoms with Crippen LogP contribution >= 0.6 is 0 Å². The van der Waals surface area contributed by atoms with Gasteiger partial charge in [0.25, 0.3) is 0 Å². The van der Waals surface area contributed by atoms with Crippen molar-refractivity contribution in [3.63, 3.8) is 0 Å². The molecule has 34 heavy (non-hydrogen) atoms. The fourth-order valence-electron chi connectivity index (χ4n) is 3.96. The number of nitrogens with one attached hydrogen (secondary N) is 1. The molecule has 0 saturated carbocycles. The third-order valence-corrected chi connectivity index (χ3v) is 5.70. The number of pyridine rings is 3. The van der Waals surface area contributed by atoms with Crippen molar-refractivity contribution >= 4 is 28.4 Å². The number of hydrogen-bond donors (Lipinski definition) is 2. The average molecular weight is 454 g/mol. The summed E-state index contributed by atoms with van der Waals surface area (Å²) in [6, 6.07) is 9.06. The topological polar surface area (TPSA) is 133 Å². The van der Waals surface area contributed by atoms with Crippen molar-refractivity contribution in [1.82, 2.24) is 24.9 Å². The van der Waals surface area contributed by atoms with Crippen LogP contribution in [-0.2, 0) is 0 Å². The largest absolute Gasteiger partial charge is 0.494 e. The van der Waals surface area contributed by atoms with E-state index in [4.69, 9.17) is 20.0 Å².